The Labute approximate surface area is 122 Å². The number of ether oxygens (including phenoxy) is 1. The Hall–Kier alpha value is -1.94. The van der Waals surface area contributed by atoms with E-state index in [0.29, 0.717) is 23.1 Å². The third kappa shape index (κ3) is 4.03. The van der Waals surface area contributed by atoms with Crippen molar-refractivity contribution in [2.75, 3.05) is 6.61 Å². The van der Waals surface area contributed by atoms with E-state index in [1.54, 1.807) is 30.5 Å². The molecule has 1 amide bonds. The lowest BCUT2D eigenvalue weighted by atomic mass is 10.1. The Morgan fingerprint density at radius 2 is 2.25 bits per heavy atom. The molecule has 0 unspecified atom stereocenters. The fourth-order valence-electron chi connectivity index (χ4n) is 1.71. The normalized spacial score (nSPS) is 10.3. The van der Waals surface area contributed by atoms with Gasteiger partial charge >= 0.3 is 0 Å². The SMILES string of the molecule is CCc1cc(OCC(=O)NCc2ccco2)ccc1Cl. The highest BCUT2D eigenvalue weighted by molar-refractivity contribution is 6.31. The molecule has 1 aromatic heterocycles. The second-order valence-corrected chi connectivity index (χ2v) is 4.66. The molecule has 0 aliphatic carbocycles. The van der Waals surface area contributed by atoms with Gasteiger partial charge in [-0.15, -0.1) is 0 Å². The first kappa shape index (κ1) is 14.5. The van der Waals surface area contributed by atoms with Crippen LogP contribution in [0.3, 0.4) is 0 Å². The minimum atomic E-state index is -0.200. The van der Waals surface area contributed by atoms with Crippen LogP contribution in [0.5, 0.6) is 5.75 Å². The minimum absolute atomic E-state index is 0.0362. The van der Waals surface area contributed by atoms with Gasteiger partial charge in [-0.2, -0.15) is 0 Å². The first-order valence-corrected chi connectivity index (χ1v) is 6.77. The van der Waals surface area contributed by atoms with Crippen LogP contribution in [0, 0.1) is 0 Å². The zero-order valence-corrected chi connectivity index (χ0v) is 11.9. The summed E-state index contributed by atoms with van der Waals surface area (Å²) < 4.78 is 10.6. The van der Waals surface area contributed by atoms with Crippen molar-refractivity contribution in [2.45, 2.75) is 19.9 Å². The van der Waals surface area contributed by atoms with Crippen molar-refractivity contribution in [1.82, 2.24) is 5.32 Å². The third-order valence-electron chi connectivity index (χ3n) is 2.81. The number of furan rings is 1. The maximum absolute atomic E-state index is 11.6. The topological polar surface area (TPSA) is 51.5 Å². The molecular formula is C15H16ClNO3. The Kier molecular flexibility index (Phi) is 5.07. The first-order chi connectivity index (χ1) is 9.69. The number of carbonyl (C=O) groups is 1. The largest absolute Gasteiger partial charge is 0.484 e. The molecule has 1 aromatic carbocycles. The van der Waals surface area contributed by atoms with Crippen molar-refractivity contribution in [3.8, 4) is 5.75 Å². The maximum Gasteiger partial charge on any atom is 0.258 e. The molecule has 0 saturated heterocycles. The number of rotatable bonds is 6. The molecule has 0 bridgehead atoms. The first-order valence-electron chi connectivity index (χ1n) is 6.39. The van der Waals surface area contributed by atoms with Gasteiger partial charge in [-0.25, -0.2) is 0 Å². The van der Waals surface area contributed by atoms with Gasteiger partial charge in [-0.1, -0.05) is 18.5 Å². The van der Waals surface area contributed by atoms with Crippen LogP contribution in [0.4, 0.5) is 0 Å². The number of halogens is 1. The van der Waals surface area contributed by atoms with Crippen molar-refractivity contribution in [1.29, 1.82) is 0 Å². The Morgan fingerprint density at radius 3 is 2.95 bits per heavy atom. The summed E-state index contributed by atoms with van der Waals surface area (Å²) in [6.07, 6.45) is 2.39. The predicted molar refractivity (Wildman–Crippen MR) is 76.9 cm³/mol. The summed E-state index contributed by atoms with van der Waals surface area (Å²) in [6, 6.07) is 8.95. The number of hydrogen-bond acceptors (Lipinski definition) is 3. The smallest absolute Gasteiger partial charge is 0.258 e. The molecule has 2 rings (SSSR count). The van der Waals surface area contributed by atoms with E-state index in [1.165, 1.54) is 0 Å². The molecule has 2 aromatic rings. The van der Waals surface area contributed by atoms with E-state index in [0.717, 1.165) is 12.0 Å². The van der Waals surface area contributed by atoms with E-state index in [4.69, 9.17) is 20.8 Å². The number of aryl methyl sites for hydroxylation is 1. The van der Waals surface area contributed by atoms with Gasteiger partial charge in [0.1, 0.15) is 11.5 Å². The van der Waals surface area contributed by atoms with Crippen LogP contribution in [0.1, 0.15) is 18.2 Å². The van der Waals surface area contributed by atoms with Gasteiger partial charge in [0.25, 0.3) is 5.91 Å². The maximum atomic E-state index is 11.6. The van der Waals surface area contributed by atoms with Crippen molar-refractivity contribution < 1.29 is 13.9 Å². The lowest BCUT2D eigenvalue weighted by molar-refractivity contribution is -0.123. The molecule has 20 heavy (non-hydrogen) atoms. The van der Waals surface area contributed by atoms with Crippen LogP contribution in [0.25, 0.3) is 0 Å². The Balaban J connectivity index is 1.81. The van der Waals surface area contributed by atoms with Crippen LogP contribution < -0.4 is 10.1 Å². The van der Waals surface area contributed by atoms with Crippen molar-refractivity contribution in [3.05, 3.63) is 52.9 Å². The highest BCUT2D eigenvalue weighted by atomic mass is 35.5. The van der Waals surface area contributed by atoms with Crippen LogP contribution >= 0.6 is 11.6 Å². The number of carbonyl (C=O) groups excluding carboxylic acids is 1. The fraction of sp³-hybridized carbons (Fsp3) is 0.267. The van der Waals surface area contributed by atoms with E-state index in [2.05, 4.69) is 5.32 Å². The van der Waals surface area contributed by atoms with E-state index in [1.807, 2.05) is 13.0 Å². The highest BCUT2D eigenvalue weighted by Gasteiger charge is 2.05. The second kappa shape index (κ2) is 7.01. The molecule has 0 saturated carbocycles. The van der Waals surface area contributed by atoms with E-state index >= 15 is 0 Å². The zero-order valence-electron chi connectivity index (χ0n) is 11.2. The van der Waals surface area contributed by atoms with Crippen LogP contribution in [-0.2, 0) is 17.8 Å². The molecule has 1 N–H and O–H groups in total. The van der Waals surface area contributed by atoms with Crippen molar-refractivity contribution >= 4 is 17.5 Å². The zero-order chi connectivity index (χ0) is 14.4. The summed E-state index contributed by atoms with van der Waals surface area (Å²) in [5.41, 5.74) is 1.00. The number of hydrogen-bond donors (Lipinski definition) is 1. The second-order valence-electron chi connectivity index (χ2n) is 4.25. The number of benzene rings is 1. The predicted octanol–water partition coefficient (Wildman–Crippen LogP) is 3.19. The molecule has 5 heteroatoms. The Bertz CT molecular complexity index is 567. The summed E-state index contributed by atoms with van der Waals surface area (Å²) in [5, 5.41) is 3.42. The van der Waals surface area contributed by atoms with Gasteiger partial charge in [-0.05, 0) is 42.3 Å². The lowest BCUT2D eigenvalue weighted by Crippen LogP contribution is -2.28. The van der Waals surface area contributed by atoms with Gasteiger partial charge in [0, 0.05) is 5.02 Å². The number of nitrogens with one attached hydrogen (secondary N) is 1. The fourth-order valence-corrected chi connectivity index (χ4v) is 1.96. The van der Waals surface area contributed by atoms with Crippen molar-refractivity contribution in [3.63, 3.8) is 0 Å². The number of amides is 1. The monoisotopic (exact) mass is 293 g/mol. The molecule has 4 nitrogen and oxygen atoms in total. The van der Waals surface area contributed by atoms with Crippen molar-refractivity contribution in [2.24, 2.45) is 0 Å². The van der Waals surface area contributed by atoms with Crippen LogP contribution in [0.2, 0.25) is 5.02 Å². The van der Waals surface area contributed by atoms with Gasteiger partial charge in [0.05, 0.1) is 12.8 Å². The molecule has 0 radical (unpaired) electrons. The molecule has 0 fully saturated rings. The third-order valence-corrected chi connectivity index (χ3v) is 3.18. The van der Waals surface area contributed by atoms with Gasteiger partial charge in [0.15, 0.2) is 6.61 Å². The van der Waals surface area contributed by atoms with Crippen LogP contribution in [0.15, 0.2) is 41.0 Å². The lowest BCUT2D eigenvalue weighted by Gasteiger charge is -2.08. The molecule has 0 aliphatic rings. The molecule has 0 atom stereocenters. The average Bonchev–Trinajstić information content (AvgIpc) is 2.97. The minimum Gasteiger partial charge on any atom is -0.484 e. The van der Waals surface area contributed by atoms with E-state index < -0.39 is 0 Å². The standard InChI is InChI=1S/C15H16ClNO3/c1-2-11-8-12(5-6-14(11)16)20-10-15(18)17-9-13-4-3-7-19-13/h3-8H,2,9-10H2,1H3,(H,17,18). The molecular weight excluding hydrogens is 278 g/mol. The highest BCUT2D eigenvalue weighted by Crippen LogP contribution is 2.22. The van der Waals surface area contributed by atoms with E-state index in [9.17, 15) is 4.79 Å². The quantitative estimate of drug-likeness (QED) is 0.890. The molecule has 0 aliphatic heterocycles. The van der Waals surface area contributed by atoms with Crippen LogP contribution in [-0.4, -0.2) is 12.5 Å². The van der Waals surface area contributed by atoms with Gasteiger partial charge in [-0.3, -0.25) is 4.79 Å². The van der Waals surface area contributed by atoms with E-state index in [-0.39, 0.29) is 12.5 Å². The molecule has 1 heterocycles. The summed E-state index contributed by atoms with van der Waals surface area (Å²) in [4.78, 5) is 11.6. The van der Waals surface area contributed by atoms with Gasteiger partial charge < -0.3 is 14.5 Å². The molecule has 106 valence electrons. The average molecular weight is 294 g/mol. The summed E-state index contributed by atoms with van der Waals surface area (Å²) >= 11 is 6.02. The summed E-state index contributed by atoms with van der Waals surface area (Å²) in [6.45, 7) is 2.34. The molecule has 0 spiro atoms. The summed E-state index contributed by atoms with van der Waals surface area (Å²) in [5.74, 6) is 1.15. The Morgan fingerprint density at radius 1 is 1.40 bits per heavy atom. The van der Waals surface area contributed by atoms with Gasteiger partial charge in [0.2, 0.25) is 0 Å². The summed E-state index contributed by atoms with van der Waals surface area (Å²) in [7, 11) is 0.